The van der Waals surface area contributed by atoms with E-state index >= 15 is 0 Å². The van der Waals surface area contributed by atoms with Crippen LogP contribution in [0.2, 0.25) is 0 Å². The van der Waals surface area contributed by atoms with Crippen LogP contribution in [0.4, 0.5) is 11.5 Å². The number of pyridine rings is 1. The summed E-state index contributed by atoms with van der Waals surface area (Å²) in [6, 6.07) is 3.92. The summed E-state index contributed by atoms with van der Waals surface area (Å²) < 4.78 is 4.92. The van der Waals surface area contributed by atoms with E-state index in [1.165, 1.54) is 31.8 Å². The number of ether oxygens (including phenoxy) is 1. The summed E-state index contributed by atoms with van der Waals surface area (Å²) in [6.45, 7) is 4.05. The van der Waals surface area contributed by atoms with Gasteiger partial charge in [-0.05, 0) is 38.8 Å². The average Bonchev–Trinajstić information content (AvgIpc) is 2.65. The number of carbonyl (C=O) groups excluding carboxylic acids is 1. The number of nitrogens with one attached hydrogen (secondary N) is 1. The molecule has 1 saturated carbocycles. The van der Waals surface area contributed by atoms with Crippen molar-refractivity contribution in [2.45, 2.75) is 52.0 Å². The Morgan fingerprint density at radius 2 is 2.08 bits per heavy atom. The summed E-state index contributed by atoms with van der Waals surface area (Å²) in [7, 11) is 0. The highest BCUT2D eigenvalue weighted by molar-refractivity contribution is 5.90. The summed E-state index contributed by atoms with van der Waals surface area (Å²) >= 11 is 0. The monoisotopic (exact) mass is 357 g/mol. The van der Waals surface area contributed by atoms with Crippen LogP contribution in [-0.2, 0) is 4.74 Å². The Labute approximate surface area is 154 Å². The second-order valence-electron chi connectivity index (χ2n) is 6.21. The molecule has 2 heterocycles. The zero-order valence-electron chi connectivity index (χ0n) is 15.4. The number of anilines is 2. The van der Waals surface area contributed by atoms with E-state index in [4.69, 9.17) is 10.5 Å². The number of esters is 1. The summed E-state index contributed by atoms with van der Waals surface area (Å²) in [5.41, 5.74) is 7.84. The van der Waals surface area contributed by atoms with Gasteiger partial charge in [-0.15, -0.1) is 0 Å². The minimum atomic E-state index is -0.383. The maximum atomic E-state index is 11.6. The second-order valence-corrected chi connectivity index (χ2v) is 6.21. The van der Waals surface area contributed by atoms with Crippen molar-refractivity contribution in [3.63, 3.8) is 0 Å². The first-order valence-corrected chi connectivity index (χ1v) is 9.02. The molecule has 1 fully saturated rings. The highest BCUT2D eigenvalue weighted by atomic mass is 16.5. The maximum absolute atomic E-state index is 11.6. The molecule has 0 aromatic carbocycles. The Morgan fingerprint density at radius 1 is 1.31 bits per heavy atom. The van der Waals surface area contributed by atoms with E-state index in [0.29, 0.717) is 29.7 Å². The van der Waals surface area contributed by atoms with Gasteiger partial charge in [0.1, 0.15) is 12.1 Å². The zero-order chi connectivity index (χ0) is 18.8. The number of aryl methyl sites for hydroxylation is 1. The van der Waals surface area contributed by atoms with Gasteiger partial charge >= 0.3 is 5.97 Å². The van der Waals surface area contributed by atoms with E-state index in [2.05, 4.69) is 20.3 Å². The van der Waals surface area contributed by atoms with Crippen LogP contribution in [0.25, 0.3) is 0 Å². The average molecular weight is 357 g/mol. The number of hydrogen-bond acceptors (Lipinski definition) is 7. The van der Waals surface area contributed by atoms with Crippen LogP contribution in [0.1, 0.15) is 55.1 Å². The summed E-state index contributed by atoms with van der Waals surface area (Å²) in [6.07, 6.45) is 10.9. The fourth-order valence-electron chi connectivity index (χ4n) is 2.73. The lowest BCUT2D eigenvalue weighted by Crippen LogP contribution is -2.23. The predicted octanol–water partition coefficient (Wildman–Crippen LogP) is 3.37. The molecule has 0 bridgehead atoms. The van der Waals surface area contributed by atoms with Gasteiger partial charge in [0.25, 0.3) is 0 Å². The molecule has 1 aliphatic carbocycles. The molecule has 0 aliphatic heterocycles. The van der Waals surface area contributed by atoms with Crippen molar-refractivity contribution in [2.75, 3.05) is 17.7 Å². The smallest absolute Gasteiger partial charge is 0.339 e. The number of nitrogens with zero attached hydrogens (tertiary/aromatic N) is 3. The van der Waals surface area contributed by atoms with E-state index in [9.17, 15) is 4.79 Å². The number of rotatable bonds is 4. The third-order valence-electron chi connectivity index (χ3n) is 4.10. The topological polar surface area (TPSA) is 103 Å². The number of carbonyl (C=O) groups is 1. The van der Waals surface area contributed by atoms with Gasteiger partial charge in [0, 0.05) is 24.1 Å². The molecule has 7 nitrogen and oxygen atoms in total. The van der Waals surface area contributed by atoms with E-state index in [1.807, 2.05) is 13.0 Å². The Balaban J connectivity index is 0.000000290. The highest BCUT2D eigenvalue weighted by Crippen LogP contribution is 2.24. The van der Waals surface area contributed by atoms with Crippen LogP contribution in [0.15, 0.2) is 30.9 Å². The molecule has 0 unspecified atom stereocenters. The van der Waals surface area contributed by atoms with Crippen molar-refractivity contribution in [3.05, 3.63) is 42.1 Å². The van der Waals surface area contributed by atoms with Gasteiger partial charge in [0.2, 0.25) is 0 Å². The molecule has 7 heteroatoms. The first kappa shape index (κ1) is 19.6. The number of hydrogen-bond donors (Lipinski definition) is 2. The van der Waals surface area contributed by atoms with Crippen LogP contribution >= 0.6 is 0 Å². The van der Waals surface area contributed by atoms with Crippen molar-refractivity contribution in [1.29, 1.82) is 0 Å². The van der Waals surface area contributed by atoms with Crippen LogP contribution in [0.3, 0.4) is 0 Å². The molecular formula is C19H27N5O2. The SMILES string of the molecule is CCOC(=O)c1cnc(NC2CCCCC2)c(N)c1.Cc1ccncn1. The standard InChI is InChI=1S/C14H21N3O2.C5H6N2/c1-2-19-14(18)10-8-12(15)13(16-9-10)17-11-6-4-3-5-7-11;1-5-2-3-6-4-7-5/h8-9,11H,2-7,15H2,1H3,(H,16,17);2-4H,1H3. The fourth-order valence-corrected chi connectivity index (χ4v) is 2.73. The second kappa shape index (κ2) is 10.3. The van der Waals surface area contributed by atoms with Gasteiger partial charge in [-0.2, -0.15) is 0 Å². The lowest BCUT2D eigenvalue weighted by atomic mass is 9.95. The quantitative estimate of drug-likeness (QED) is 0.809. The van der Waals surface area contributed by atoms with Crippen molar-refractivity contribution in [1.82, 2.24) is 15.0 Å². The fraction of sp³-hybridized carbons (Fsp3) is 0.474. The summed E-state index contributed by atoms with van der Waals surface area (Å²) in [5, 5.41) is 3.36. The molecule has 0 amide bonds. The van der Waals surface area contributed by atoms with Crippen LogP contribution < -0.4 is 11.1 Å². The van der Waals surface area contributed by atoms with Gasteiger partial charge in [-0.1, -0.05) is 19.3 Å². The molecule has 140 valence electrons. The van der Waals surface area contributed by atoms with Gasteiger partial charge in [-0.25, -0.2) is 19.7 Å². The molecule has 3 N–H and O–H groups in total. The van der Waals surface area contributed by atoms with E-state index in [1.54, 1.807) is 19.2 Å². The normalized spacial score (nSPS) is 14.1. The molecular weight excluding hydrogens is 330 g/mol. The minimum absolute atomic E-state index is 0.348. The molecule has 0 atom stereocenters. The third kappa shape index (κ3) is 6.31. The molecule has 2 aromatic rings. The summed E-state index contributed by atoms with van der Waals surface area (Å²) in [4.78, 5) is 23.4. The first-order valence-electron chi connectivity index (χ1n) is 9.02. The van der Waals surface area contributed by atoms with Crippen LogP contribution in [0, 0.1) is 6.92 Å². The lowest BCUT2D eigenvalue weighted by Gasteiger charge is -2.23. The van der Waals surface area contributed by atoms with Crippen molar-refractivity contribution < 1.29 is 9.53 Å². The van der Waals surface area contributed by atoms with E-state index in [0.717, 1.165) is 18.5 Å². The number of nitrogens with two attached hydrogens (primary N) is 1. The maximum Gasteiger partial charge on any atom is 0.339 e. The largest absolute Gasteiger partial charge is 0.462 e. The Hall–Kier alpha value is -2.70. The molecule has 2 aromatic heterocycles. The third-order valence-corrected chi connectivity index (χ3v) is 4.10. The van der Waals surface area contributed by atoms with Crippen molar-refractivity contribution in [2.24, 2.45) is 0 Å². The van der Waals surface area contributed by atoms with E-state index < -0.39 is 0 Å². The Kier molecular flexibility index (Phi) is 7.79. The van der Waals surface area contributed by atoms with Crippen molar-refractivity contribution >= 4 is 17.5 Å². The first-order chi connectivity index (χ1) is 12.6. The lowest BCUT2D eigenvalue weighted by molar-refractivity contribution is 0.0526. The number of aromatic nitrogens is 3. The minimum Gasteiger partial charge on any atom is -0.462 e. The van der Waals surface area contributed by atoms with Crippen molar-refractivity contribution in [3.8, 4) is 0 Å². The molecule has 0 radical (unpaired) electrons. The number of nitrogen functional groups attached to an aromatic ring is 1. The molecule has 3 rings (SSSR count). The van der Waals surface area contributed by atoms with Gasteiger partial charge < -0.3 is 15.8 Å². The van der Waals surface area contributed by atoms with Gasteiger partial charge in [-0.3, -0.25) is 0 Å². The molecule has 0 spiro atoms. The van der Waals surface area contributed by atoms with Crippen LogP contribution in [-0.4, -0.2) is 33.6 Å². The molecule has 0 saturated heterocycles. The Morgan fingerprint density at radius 3 is 2.62 bits per heavy atom. The predicted molar refractivity (Wildman–Crippen MR) is 102 cm³/mol. The van der Waals surface area contributed by atoms with Gasteiger partial charge in [0.15, 0.2) is 0 Å². The molecule has 1 aliphatic rings. The zero-order valence-corrected chi connectivity index (χ0v) is 15.4. The highest BCUT2D eigenvalue weighted by Gasteiger charge is 2.16. The summed E-state index contributed by atoms with van der Waals surface area (Å²) in [5.74, 6) is 0.283. The molecule has 26 heavy (non-hydrogen) atoms. The Bertz CT molecular complexity index is 688. The van der Waals surface area contributed by atoms with Crippen LogP contribution in [0.5, 0.6) is 0 Å². The van der Waals surface area contributed by atoms with Gasteiger partial charge in [0.05, 0.1) is 17.9 Å². The van der Waals surface area contributed by atoms with E-state index in [-0.39, 0.29) is 5.97 Å².